The predicted octanol–water partition coefficient (Wildman–Crippen LogP) is 5.53. The van der Waals surface area contributed by atoms with Crippen molar-refractivity contribution in [3.63, 3.8) is 0 Å². The summed E-state index contributed by atoms with van der Waals surface area (Å²) in [6.07, 6.45) is 3.40. The summed E-state index contributed by atoms with van der Waals surface area (Å²) in [6.45, 7) is 2.61. The van der Waals surface area contributed by atoms with Crippen molar-refractivity contribution in [1.29, 1.82) is 0 Å². The average molecular weight is 379 g/mol. The summed E-state index contributed by atoms with van der Waals surface area (Å²) in [5.74, 6) is -1.84. The largest absolute Gasteiger partial charge is 0.492 e. The molecule has 1 aromatic heterocycles. The van der Waals surface area contributed by atoms with Gasteiger partial charge in [-0.3, -0.25) is 4.79 Å². The van der Waals surface area contributed by atoms with Crippen molar-refractivity contribution in [2.45, 2.75) is 19.8 Å². The molecule has 0 bridgehead atoms. The molecule has 4 nitrogen and oxygen atoms in total. The molecule has 136 valence electrons. The molecule has 7 heteroatoms. The van der Waals surface area contributed by atoms with Crippen molar-refractivity contribution in [3.8, 4) is 5.75 Å². The van der Waals surface area contributed by atoms with Crippen LogP contribution < -0.4 is 10.1 Å². The van der Waals surface area contributed by atoms with Crippen LogP contribution in [0.3, 0.4) is 0 Å². The highest BCUT2D eigenvalue weighted by atomic mass is 35.5. The van der Waals surface area contributed by atoms with Gasteiger partial charge in [0.05, 0.1) is 22.8 Å². The Morgan fingerprint density at radius 1 is 1.23 bits per heavy atom. The first-order valence-corrected chi connectivity index (χ1v) is 8.57. The van der Waals surface area contributed by atoms with E-state index in [0.717, 1.165) is 25.0 Å². The fourth-order valence-electron chi connectivity index (χ4n) is 2.50. The van der Waals surface area contributed by atoms with Gasteiger partial charge < -0.3 is 15.0 Å². The highest BCUT2D eigenvalue weighted by Gasteiger charge is 2.14. The second-order valence-corrected chi connectivity index (χ2v) is 6.22. The third-order valence-electron chi connectivity index (χ3n) is 3.92. The molecule has 0 saturated carbocycles. The minimum absolute atomic E-state index is 0.328. The van der Waals surface area contributed by atoms with Gasteiger partial charge in [-0.2, -0.15) is 0 Å². The van der Waals surface area contributed by atoms with Crippen LogP contribution in [0.2, 0.25) is 5.02 Å². The van der Waals surface area contributed by atoms with Crippen molar-refractivity contribution in [2.24, 2.45) is 0 Å². The number of unbranched alkanes of at least 4 members (excludes halogenated alkanes) is 1. The third kappa shape index (κ3) is 3.80. The molecular weight excluding hydrogens is 362 g/mol. The molecule has 0 aliphatic heterocycles. The standard InChI is InChI=1S/C19H17ClF2N2O2/c1-2-3-6-26-18-5-4-11(7-13(18)20)19(25)24-17-10-23-16-9-15(22)14(21)8-12(16)17/h4-5,7-10,23H,2-3,6H2,1H3,(H,24,25). The molecule has 0 radical (unpaired) electrons. The number of ether oxygens (including phenoxy) is 1. The van der Waals surface area contributed by atoms with Gasteiger partial charge in [0.15, 0.2) is 11.6 Å². The number of hydrogen-bond acceptors (Lipinski definition) is 2. The first-order valence-electron chi connectivity index (χ1n) is 8.19. The molecule has 3 aromatic rings. The number of anilines is 1. The number of hydrogen-bond donors (Lipinski definition) is 2. The van der Waals surface area contributed by atoms with Gasteiger partial charge in [-0.25, -0.2) is 8.78 Å². The summed E-state index contributed by atoms with van der Waals surface area (Å²) >= 11 is 6.17. The molecule has 0 saturated heterocycles. The molecule has 0 atom stereocenters. The summed E-state index contributed by atoms with van der Waals surface area (Å²) in [5, 5.41) is 3.38. The summed E-state index contributed by atoms with van der Waals surface area (Å²) in [7, 11) is 0. The molecule has 1 heterocycles. The Balaban J connectivity index is 1.78. The fourth-order valence-corrected chi connectivity index (χ4v) is 2.74. The Bertz CT molecular complexity index is 956. The van der Waals surface area contributed by atoms with E-state index in [0.29, 0.717) is 39.5 Å². The lowest BCUT2D eigenvalue weighted by molar-refractivity contribution is 0.102. The van der Waals surface area contributed by atoms with Crippen molar-refractivity contribution >= 4 is 34.1 Å². The van der Waals surface area contributed by atoms with Crippen LogP contribution in [0.25, 0.3) is 10.9 Å². The van der Waals surface area contributed by atoms with Crippen LogP contribution in [-0.4, -0.2) is 17.5 Å². The van der Waals surface area contributed by atoms with Gasteiger partial charge in [-0.15, -0.1) is 0 Å². The van der Waals surface area contributed by atoms with Crippen LogP contribution in [0.4, 0.5) is 14.5 Å². The zero-order valence-corrected chi connectivity index (χ0v) is 14.8. The molecule has 0 spiro atoms. The second kappa shape index (κ2) is 7.74. The van der Waals surface area contributed by atoms with Crippen LogP contribution in [0.5, 0.6) is 5.75 Å². The normalized spacial score (nSPS) is 10.9. The van der Waals surface area contributed by atoms with E-state index in [1.165, 1.54) is 12.3 Å². The smallest absolute Gasteiger partial charge is 0.255 e. The fraction of sp³-hybridized carbons (Fsp3) is 0.211. The van der Waals surface area contributed by atoms with Crippen molar-refractivity contribution in [3.05, 3.63) is 58.7 Å². The van der Waals surface area contributed by atoms with E-state index >= 15 is 0 Å². The van der Waals surface area contributed by atoms with E-state index in [9.17, 15) is 13.6 Å². The Kier molecular flexibility index (Phi) is 5.42. The summed E-state index contributed by atoms with van der Waals surface area (Å²) < 4.78 is 32.3. The van der Waals surface area contributed by atoms with E-state index in [4.69, 9.17) is 16.3 Å². The number of aromatic nitrogens is 1. The lowest BCUT2D eigenvalue weighted by Gasteiger charge is -2.09. The maximum absolute atomic E-state index is 13.5. The molecule has 2 N–H and O–H groups in total. The summed E-state index contributed by atoms with van der Waals surface area (Å²) in [5.41, 5.74) is 1.06. The Morgan fingerprint density at radius 3 is 2.73 bits per heavy atom. The number of aromatic amines is 1. The molecule has 1 amide bonds. The Morgan fingerprint density at radius 2 is 2.00 bits per heavy atom. The minimum Gasteiger partial charge on any atom is -0.492 e. The number of carbonyl (C=O) groups excluding carboxylic acids is 1. The van der Waals surface area contributed by atoms with Gasteiger partial charge in [0.2, 0.25) is 0 Å². The molecule has 0 aliphatic carbocycles. The maximum Gasteiger partial charge on any atom is 0.255 e. The topological polar surface area (TPSA) is 54.1 Å². The zero-order valence-electron chi connectivity index (χ0n) is 14.0. The van der Waals surface area contributed by atoms with E-state index in [1.54, 1.807) is 12.1 Å². The second-order valence-electron chi connectivity index (χ2n) is 5.82. The van der Waals surface area contributed by atoms with Gasteiger partial charge in [0.25, 0.3) is 5.91 Å². The number of rotatable bonds is 6. The van der Waals surface area contributed by atoms with Crippen LogP contribution in [0.15, 0.2) is 36.5 Å². The maximum atomic E-state index is 13.5. The van der Waals surface area contributed by atoms with Gasteiger partial charge in [-0.05, 0) is 30.7 Å². The predicted molar refractivity (Wildman–Crippen MR) is 98.0 cm³/mol. The Hall–Kier alpha value is -2.60. The number of halogens is 3. The number of nitrogens with one attached hydrogen (secondary N) is 2. The number of fused-ring (bicyclic) bond motifs is 1. The van der Waals surface area contributed by atoms with Crippen molar-refractivity contribution in [2.75, 3.05) is 11.9 Å². The van der Waals surface area contributed by atoms with Crippen molar-refractivity contribution in [1.82, 2.24) is 4.98 Å². The zero-order chi connectivity index (χ0) is 18.7. The van der Waals surface area contributed by atoms with E-state index in [-0.39, 0.29) is 0 Å². The highest BCUT2D eigenvalue weighted by molar-refractivity contribution is 6.32. The molecule has 0 aliphatic rings. The van der Waals surface area contributed by atoms with Gasteiger partial charge in [0, 0.05) is 23.2 Å². The third-order valence-corrected chi connectivity index (χ3v) is 4.22. The van der Waals surface area contributed by atoms with Crippen molar-refractivity contribution < 1.29 is 18.3 Å². The number of benzene rings is 2. The molecule has 2 aromatic carbocycles. The SMILES string of the molecule is CCCCOc1ccc(C(=O)Nc2c[nH]c3cc(F)c(F)cc23)cc1Cl. The summed E-state index contributed by atoms with van der Waals surface area (Å²) in [4.78, 5) is 15.2. The van der Waals surface area contributed by atoms with E-state index in [1.807, 2.05) is 0 Å². The quantitative estimate of drug-likeness (QED) is 0.554. The number of carbonyl (C=O) groups is 1. The molecule has 0 fully saturated rings. The Labute approximate surface area is 154 Å². The number of H-pyrrole nitrogens is 1. The monoisotopic (exact) mass is 378 g/mol. The van der Waals surface area contributed by atoms with Crippen LogP contribution in [0.1, 0.15) is 30.1 Å². The van der Waals surface area contributed by atoms with Gasteiger partial charge in [-0.1, -0.05) is 24.9 Å². The first kappa shape index (κ1) is 18.2. The highest BCUT2D eigenvalue weighted by Crippen LogP contribution is 2.28. The molecular formula is C19H17ClF2N2O2. The molecule has 3 rings (SSSR count). The van der Waals surface area contributed by atoms with Gasteiger partial charge in [0.1, 0.15) is 5.75 Å². The van der Waals surface area contributed by atoms with Crippen LogP contribution in [-0.2, 0) is 0 Å². The van der Waals surface area contributed by atoms with Gasteiger partial charge >= 0.3 is 0 Å². The van der Waals surface area contributed by atoms with E-state index in [2.05, 4.69) is 17.2 Å². The lowest BCUT2D eigenvalue weighted by Crippen LogP contribution is -2.11. The first-order chi connectivity index (χ1) is 12.5. The van der Waals surface area contributed by atoms with E-state index < -0.39 is 17.5 Å². The number of amides is 1. The average Bonchev–Trinajstić information content (AvgIpc) is 2.98. The minimum atomic E-state index is -0.982. The molecule has 26 heavy (non-hydrogen) atoms. The lowest BCUT2D eigenvalue weighted by atomic mass is 10.2. The molecule has 0 unspecified atom stereocenters. The summed E-state index contributed by atoms with van der Waals surface area (Å²) in [6, 6.07) is 6.82. The van der Waals surface area contributed by atoms with Crippen LogP contribution >= 0.6 is 11.6 Å². The van der Waals surface area contributed by atoms with Crippen LogP contribution in [0, 0.1) is 11.6 Å².